The van der Waals surface area contributed by atoms with Gasteiger partial charge in [-0.15, -0.1) is 0 Å². The summed E-state index contributed by atoms with van der Waals surface area (Å²) in [6.07, 6.45) is 1.37. The standard InChI is InChI=1S/C15H21N3O4/c1-4-18(5-2)15(21)14(20)17-16-10-11-7-8-12(19)13(9-11)22-6-3/h7-10,19H,4-6H2,1-3H3,(H,17,20). The molecule has 0 saturated heterocycles. The Morgan fingerprint density at radius 1 is 1.32 bits per heavy atom. The van der Waals surface area contributed by atoms with E-state index in [1.54, 1.807) is 32.9 Å². The largest absolute Gasteiger partial charge is 0.504 e. The van der Waals surface area contributed by atoms with Gasteiger partial charge in [-0.2, -0.15) is 5.10 Å². The number of ether oxygens (including phenoxy) is 1. The van der Waals surface area contributed by atoms with Crippen LogP contribution in [0, 0.1) is 0 Å². The van der Waals surface area contributed by atoms with Crippen molar-refractivity contribution >= 4 is 18.0 Å². The molecule has 22 heavy (non-hydrogen) atoms. The molecule has 0 heterocycles. The highest BCUT2D eigenvalue weighted by Gasteiger charge is 2.18. The van der Waals surface area contributed by atoms with Crippen LogP contribution < -0.4 is 10.2 Å². The summed E-state index contributed by atoms with van der Waals surface area (Å²) in [5.74, 6) is -1.05. The van der Waals surface area contributed by atoms with E-state index in [1.807, 2.05) is 0 Å². The number of rotatable bonds is 6. The maximum atomic E-state index is 11.7. The zero-order valence-corrected chi connectivity index (χ0v) is 13.0. The van der Waals surface area contributed by atoms with Gasteiger partial charge in [0, 0.05) is 13.1 Å². The molecular formula is C15H21N3O4. The van der Waals surface area contributed by atoms with Crippen LogP contribution in [0.3, 0.4) is 0 Å². The van der Waals surface area contributed by atoms with Crippen molar-refractivity contribution in [2.45, 2.75) is 20.8 Å². The Hall–Kier alpha value is -2.57. The molecule has 2 amide bonds. The Balaban J connectivity index is 2.67. The average Bonchev–Trinajstić information content (AvgIpc) is 2.51. The number of hydrazone groups is 1. The molecule has 0 spiro atoms. The number of carbonyl (C=O) groups is 2. The first-order chi connectivity index (χ1) is 10.5. The van der Waals surface area contributed by atoms with Gasteiger partial charge in [-0.3, -0.25) is 9.59 Å². The van der Waals surface area contributed by atoms with Crippen LogP contribution in [-0.2, 0) is 9.59 Å². The number of nitrogens with zero attached hydrogens (tertiary/aromatic N) is 2. The lowest BCUT2D eigenvalue weighted by Crippen LogP contribution is -2.41. The minimum absolute atomic E-state index is 0.0275. The molecular weight excluding hydrogens is 286 g/mol. The Kier molecular flexibility index (Phi) is 6.88. The lowest BCUT2D eigenvalue weighted by molar-refractivity contribution is -0.145. The summed E-state index contributed by atoms with van der Waals surface area (Å²) < 4.78 is 5.24. The van der Waals surface area contributed by atoms with Gasteiger partial charge in [-0.25, -0.2) is 5.43 Å². The molecule has 0 aliphatic heterocycles. The molecule has 0 radical (unpaired) electrons. The second kappa shape index (κ2) is 8.66. The zero-order chi connectivity index (χ0) is 16.5. The molecule has 7 heteroatoms. The molecule has 0 fully saturated rings. The van der Waals surface area contributed by atoms with Gasteiger partial charge in [0.2, 0.25) is 0 Å². The summed E-state index contributed by atoms with van der Waals surface area (Å²) in [4.78, 5) is 24.8. The molecule has 0 aliphatic rings. The Labute approximate surface area is 129 Å². The van der Waals surface area contributed by atoms with E-state index in [0.717, 1.165) is 0 Å². The van der Waals surface area contributed by atoms with Crippen LogP contribution in [0.25, 0.3) is 0 Å². The van der Waals surface area contributed by atoms with Gasteiger partial charge in [0.15, 0.2) is 11.5 Å². The van der Waals surface area contributed by atoms with E-state index < -0.39 is 11.8 Å². The Morgan fingerprint density at radius 2 is 2.00 bits per heavy atom. The first-order valence-corrected chi connectivity index (χ1v) is 7.11. The van der Waals surface area contributed by atoms with Gasteiger partial charge in [-0.1, -0.05) is 0 Å². The van der Waals surface area contributed by atoms with Crippen molar-refractivity contribution in [2.75, 3.05) is 19.7 Å². The number of hydrogen-bond acceptors (Lipinski definition) is 5. The summed E-state index contributed by atoms with van der Waals surface area (Å²) in [6.45, 7) is 6.74. The van der Waals surface area contributed by atoms with E-state index in [-0.39, 0.29) is 5.75 Å². The van der Waals surface area contributed by atoms with Crippen molar-refractivity contribution in [3.05, 3.63) is 23.8 Å². The van der Waals surface area contributed by atoms with Crippen LogP contribution in [0.4, 0.5) is 0 Å². The molecule has 0 saturated carbocycles. The van der Waals surface area contributed by atoms with Crippen molar-refractivity contribution in [3.63, 3.8) is 0 Å². The molecule has 1 aromatic carbocycles. The number of likely N-dealkylation sites (N-methyl/N-ethyl adjacent to an activating group) is 1. The first-order valence-electron chi connectivity index (χ1n) is 7.11. The highest BCUT2D eigenvalue weighted by Crippen LogP contribution is 2.26. The number of phenols is 1. The second-order valence-electron chi connectivity index (χ2n) is 4.34. The second-order valence-corrected chi connectivity index (χ2v) is 4.34. The smallest absolute Gasteiger partial charge is 0.329 e. The molecule has 0 aromatic heterocycles. The van der Waals surface area contributed by atoms with Crippen LogP contribution in [0.1, 0.15) is 26.3 Å². The fourth-order valence-corrected chi connectivity index (χ4v) is 1.75. The summed E-state index contributed by atoms with van der Waals surface area (Å²) in [5.41, 5.74) is 2.80. The fourth-order valence-electron chi connectivity index (χ4n) is 1.75. The number of benzene rings is 1. The molecule has 0 bridgehead atoms. The minimum atomic E-state index is -0.788. The number of nitrogens with one attached hydrogen (secondary N) is 1. The highest BCUT2D eigenvalue weighted by molar-refractivity contribution is 6.34. The number of hydrogen-bond donors (Lipinski definition) is 2. The van der Waals surface area contributed by atoms with Crippen molar-refractivity contribution in [3.8, 4) is 11.5 Å². The van der Waals surface area contributed by atoms with E-state index >= 15 is 0 Å². The summed E-state index contributed by atoms with van der Waals surface area (Å²) >= 11 is 0. The lowest BCUT2D eigenvalue weighted by atomic mass is 10.2. The fraction of sp³-hybridized carbons (Fsp3) is 0.400. The predicted molar refractivity (Wildman–Crippen MR) is 82.9 cm³/mol. The number of phenolic OH excluding ortho intramolecular Hbond substituents is 1. The molecule has 1 aromatic rings. The van der Waals surface area contributed by atoms with Crippen molar-refractivity contribution in [2.24, 2.45) is 5.10 Å². The third-order valence-corrected chi connectivity index (χ3v) is 2.91. The topological polar surface area (TPSA) is 91.2 Å². The third-order valence-electron chi connectivity index (χ3n) is 2.91. The molecule has 2 N–H and O–H groups in total. The van der Waals surface area contributed by atoms with Crippen molar-refractivity contribution < 1.29 is 19.4 Å². The summed E-state index contributed by atoms with van der Waals surface area (Å²) in [5, 5.41) is 13.3. The first kappa shape index (κ1) is 17.5. The molecule has 0 aliphatic carbocycles. The van der Waals surface area contributed by atoms with Crippen molar-refractivity contribution in [1.82, 2.24) is 10.3 Å². The molecule has 0 atom stereocenters. The predicted octanol–water partition coefficient (Wildman–Crippen LogP) is 1.11. The highest BCUT2D eigenvalue weighted by atomic mass is 16.5. The van der Waals surface area contributed by atoms with Crippen LogP contribution in [0.15, 0.2) is 23.3 Å². The zero-order valence-electron chi connectivity index (χ0n) is 13.0. The van der Waals surface area contributed by atoms with E-state index in [0.29, 0.717) is 31.0 Å². The SMILES string of the molecule is CCOc1cc(C=NNC(=O)C(=O)N(CC)CC)ccc1O. The van der Waals surface area contributed by atoms with Gasteiger partial charge < -0.3 is 14.7 Å². The third kappa shape index (κ3) is 4.76. The van der Waals surface area contributed by atoms with Crippen LogP contribution in [0.5, 0.6) is 11.5 Å². The number of amides is 2. The average molecular weight is 307 g/mol. The minimum Gasteiger partial charge on any atom is -0.504 e. The Morgan fingerprint density at radius 3 is 2.59 bits per heavy atom. The summed E-state index contributed by atoms with van der Waals surface area (Å²) in [7, 11) is 0. The van der Waals surface area contributed by atoms with E-state index in [9.17, 15) is 14.7 Å². The van der Waals surface area contributed by atoms with Gasteiger partial charge in [0.1, 0.15) is 0 Å². The van der Waals surface area contributed by atoms with Gasteiger partial charge >= 0.3 is 11.8 Å². The maximum absolute atomic E-state index is 11.7. The van der Waals surface area contributed by atoms with E-state index in [4.69, 9.17) is 4.74 Å². The molecule has 0 unspecified atom stereocenters. The monoisotopic (exact) mass is 307 g/mol. The Bertz CT molecular complexity index is 554. The maximum Gasteiger partial charge on any atom is 0.329 e. The number of aromatic hydroxyl groups is 1. The number of carbonyl (C=O) groups excluding carboxylic acids is 2. The summed E-state index contributed by atoms with van der Waals surface area (Å²) in [6, 6.07) is 4.66. The van der Waals surface area contributed by atoms with Crippen LogP contribution in [0.2, 0.25) is 0 Å². The normalized spacial score (nSPS) is 10.5. The van der Waals surface area contributed by atoms with Gasteiger partial charge in [0.05, 0.1) is 12.8 Å². The molecule has 120 valence electrons. The van der Waals surface area contributed by atoms with Crippen LogP contribution in [-0.4, -0.2) is 47.7 Å². The van der Waals surface area contributed by atoms with Crippen LogP contribution >= 0.6 is 0 Å². The van der Waals surface area contributed by atoms with Gasteiger partial charge in [-0.05, 0) is 44.5 Å². The molecule has 1 rings (SSSR count). The van der Waals surface area contributed by atoms with E-state index in [1.165, 1.54) is 17.2 Å². The van der Waals surface area contributed by atoms with E-state index in [2.05, 4.69) is 10.5 Å². The lowest BCUT2D eigenvalue weighted by Gasteiger charge is -2.16. The molecule has 7 nitrogen and oxygen atoms in total. The van der Waals surface area contributed by atoms with Crippen molar-refractivity contribution in [1.29, 1.82) is 0 Å². The quantitative estimate of drug-likeness (QED) is 0.468. The van der Waals surface area contributed by atoms with Gasteiger partial charge in [0.25, 0.3) is 0 Å².